The van der Waals surface area contributed by atoms with Crippen LogP contribution >= 0.6 is 31.3 Å². The Balaban J connectivity index is 0.783. The minimum Gasteiger partial charge on any atom is -0.490 e. The molecular weight excluding hydrogens is 1230 g/mol. The number of nitrogens with one attached hydrogen (secondary N) is 2. The molecule has 3 saturated heterocycles. The van der Waals surface area contributed by atoms with Crippen molar-refractivity contribution in [3.63, 3.8) is 0 Å². The van der Waals surface area contributed by atoms with Crippen molar-refractivity contribution in [1.82, 2.24) is 53.6 Å². The highest BCUT2D eigenvalue weighted by atomic mass is 31.3. The number of H-pyrrole nitrogens is 1. The molecule has 3 aliphatic heterocycles. The van der Waals surface area contributed by atoms with Gasteiger partial charge >= 0.3 is 31.3 Å². The molecule has 0 bridgehead atoms. The van der Waals surface area contributed by atoms with Crippen molar-refractivity contribution in [3.8, 4) is 5.88 Å². The maximum Gasteiger partial charge on any atom is 0.490 e. The number of phosphoric acid groups is 4. The number of hydrogen-bond donors (Lipinski definition) is 13. The van der Waals surface area contributed by atoms with Crippen LogP contribution in [-0.4, -0.2) is 181 Å². The van der Waals surface area contributed by atoms with E-state index in [4.69, 9.17) is 48.5 Å². The predicted molar refractivity (Wildman–Crippen MR) is 285 cm³/mol. The summed E-state index contributed by atoms with van der Waals surface area (Å²) in [5, 5.41) is 59.1. The minimum atomic E-state index is -6.23. The molecule has 0 saturated carbocycles. The monoisotopic (exact) mass is 1290 g/mol. The number of aromatic hydroxyl groups is 1. The summed E-state index contributed by atoms with van der Waals surface area (Å²) >= 11 is 0. The van der Waals surface area contributed by atoms with Crippen molar-refractivity contribution < 1.29 is 114 Å². The lowest BCUT2D eigenvalue weighted by atomic mass is 10.1. The molecule has 6 aromatic heterocycles. The second-order valence-corrected chi connectivity index (χ2v) is 25.5. The number of hydrogen-bond acceptors (Lipinski definition) is 30. The van der Waals surface area contributed by atoms with Gasteiger partial charge < -0.3 is 80.8 Å². The number of aryl methyl sites for hydroxylation is 1. The third-order valence-corrected chi connectivity index (χ3v) is 19.0. The predicted octanol–water partition coefficient (Wildman–Crippen LogP) is -1.12. The molecule has 0 aliphatic carbocycles. The normalized spacial score (nSPS) is 28.1. The Kier molecular flexibility index (Phi) is 16.8. The fourth-order valence-electron chi connectivity index (χ4n) is 9.91. The number of aromatic nitrogens is 12. The molecule has 0 amide bonds. The highest BCUT2D eigenvalue weighted by Crippen LogP contribution is 2.68. The molecule has 3 aliphatic rings. The van der Waals surface area contributed by atoms with Gasteiger partial charge in [0.2, 0.25) is 24.5 Å². The van der Waals surface area contributed by atoms with Crippen LogP contribution in [-0.2, 0) is 77.5 Å². The van der Waals surface area contributed by atoms with Crippen molar-refractivity contribution >= 4 is 93.3 Å². The number of nitrogens with zero attached hydrogens (tertiary/aromatic N) is 11. The van der Waals surface area contributed by atoms with E-state index in [1.807, 2.05) is 42.5 Å². The Morgan fingerprint density at radius 2 is 1.27 bits per heavy atom. The van der Waals surface area contributed by atoms with Gasteiger partial charge in [0, 0.05) is 13.7 Å². The minimum absolute atomic E-state index is 0.0315. The summed E-state index contributed by atoms with van der Waals surface area (Å²) in [5.74, 6) is -0.982. The van der Waals surface area contributed by atoms with E-state index < -0.39 is 136 Å². The number of rotatable bonds is 22. The number of aliphatic hydroxyl groups excluding tert-OH is 4. The summed E-state index contributed by atoms with van der Waals surface area (Å²) < 4.78 is 111. The Bertz CT molecular complexity index is 4140. The first-order chi connectivity index (χ1) is 40.7. The number of methoxy groups -OCH3 is 1. The Hall–Kier alpha value is -6.45. The van der Waals surface area contributed by atoms with Gasteiger partial charge in [-0.25, -0.2) is 42.8 Å². The van der Waals surface area contributed by atoms with Gasteiger partial charge in [0.15, 0.2) is 40.6 Å². The zero-order valence-electron chi connectivity index (χ0n) is 44.1. The number of nitrogen functional groups attached to an aromatic ring is 2. The third kappa shape index (κ3) is 12.4. The molecule has 15 N–H and O–H groups in total. The summed E-state index contributed by atoms with van der Waals surface area (Å²) in [6, 6.07) is 13.6. The zero-order chi connectivity index (χ0) is 61.4. The first-order valence-electron chi connectivity index (χ1n) is 25.1. The van der Waals surface area contributed by atoms with Crippen LogP contribution in [0.3, 0.4) is 0 Å². The van der Waals surface area contributed by atoms with E-state index in [0.29, 0.717) is 0 Å². The third-order valence-electron chi connectivity index (χ3n) is 13.8. The molecule has 3 fully saturated rings. The number of benzene rings is 2. The number of anilines is 3. The van der Waals surface area contributed by atoms with Crippen molar-refractivity contribution in [1.29, 1.82) is 0 Å². The van der Waals surface area contributed by atoms with Gasteiger partial charge in [-0.15, -0.1) is 0 Å². The molecule has 2 aromatic carbocycles. The van der Waals surface area contributed by atoms with Crippen LogP contribution in [0.25, 0.3) is 44.3 Å². The largest absolute Gasteiger partial charge is 0.490 e. The second kappa shape index (κ2) is 23.6. The SMILES string of the molecule is CO[C@H]1C(OP(=O)(O)OC[C@H]2O[C@@H](n3cnc4c(=O)[nH]c(N)nc43)[C@@H](O)C2O)[C@@H](COP(=O)(O)OP(=O)(O)OP(=O)(O)OC[C@H]2O[C@@H](n3c[n+](C)c4c(O)nc(N)nc43)C(O)C2O)O[C@H]1n1cnc2c(NCc3ccc4ccccc4c3)ncnc21. The van der Waals surface area contributed by atoms with Gasteiger partial charge in [-0.1, -0.05) is 36.4 Å². The fourth-order valence-corrected chi connectivity index (χ4v) is 14.4. The van der Waals surface area contributed by atoms with Crippen LogP contribution in [0, 0.1) is 0 Å². The molecule has 9 heterocycles. The van der Waals surface area contributed by atoms with Crippen LogP contribution in [0.15, 0.2) is 72.6 Å². The van der Waals surface area contributed by atoms with Gasteiger partial charge in [0.1, 0.15) is 61.3 Å². The van der Waals surface area contributed by atoms with Crippen LogP contribution in [0.2, 0.25) is 0 Å². The van der Waals surface area contributed by atoms with Crippen molar-refractivity contribution in [2.45, 2.75) is 80.2 Å². The smallest absolute Gasteiger partial charge is 0.490 e. The molecule has 0 radical (unpaired) electrons. The number of fused-ring (bicyclic) bond motifs is 4. The van der Waals surface area contributed by atoms with Crippen LogP contribution in [0.1, 0.15) is 24.2 Å². The standard InChI is InChI=1S/C43H51N15O24P4/c1-55-17-58(36-26(55)38(64)54-43(45)52-36)40-30(62)28(60)22(78-40)12-75-84(67,68)81-86(71,72)82-85(69,70)76-13-23-31(80-83(65,66)74-11-21-27(59)29(61)39(77-21)57-16-50-25-35(57)51-42(44)53-37(25)63)32(73-2)41(79-23)56-15-49-24-33(47-14-48-34(24)56)46-10-18-7-8-19-5-3-4-6-20(19)9-18/h3-9,14-17,21-23,27-32,39-41,59-62H,10-13H2,1-2H3,(H10-,44,45,46,47,48,51,52,53,54,63,64,65,66,67,68,69,70,71,72)/p+1/t21-,22-,23-,27?,28?,29+,30?,31?,32+,39-,40-,41-/m1/s1. The molecule has 8 aromatic rings. The van der Waals surface area contributed by atoms with Crippen molar-refractivity contribution in [3.05, 3.63) is 83.7 Å². The maximum atomic E-state index is 13.9. The Morgan fingerprint density at radius 3 is 1.93 bits per heavy atom. The molecule has 39 nitrogen and oxygen atoms in total. The van der Waals surface area contributed by atoms with Crippen LogP contribution in [0.5, 0.6) is 5.88 Å². The first-order valence-corrected chi connectivity index (χ1v) is 31.1. The van der Waals surface area contributed by atoms with Gasteiger partial charge in [0.25, 0.3) is 22.6 Å². The summed E-state index contributed by atoms with van der Waals surface area (Å²) in [6.45, 7) is -3.13. The van der Waals surface area contributed by atoms with Gasteiger partial charge in [-0.2, -0.15) is 28.1 Å². The fraction of sp³-hybridized carbons (Fsp3) is 0.419. The molecule has 43 heteroatoms. The zero-order valence-corrected chi connectivity index (χ0v) is 47.7. The average Bonchev–Trinajstić information content (AvgIpc) is 1.72. The molecule has 86 heavy (non-hydrogen) atoms. The van der Waals surface area contributed by atoms with E-state index in [9.17, 15) is 68.2 Å². The Labute approximate surface area is 479 Å². The number of phosphoric ester groups is 3. The van der Waals surface area contributed by atoms with E-state index in [1.54, 1.807) is 0 Å². The lowest BCUT2D eigenvalue weighted by molar-refractivity contribution is -0.646. The highest BCUT2D eigenvalue weighted by molar-refractivity contribution is 7.66. The summed E-state index contributed by atoms with van der Waals surface area (Å²) in [7, 11) is -21.0. The van der Waals surface area contributed by atoms with Crippen LogP contribution in [0.4, 0.5) is 17.7 Å². The second-order valence-electron chi connectivity index (χ2n) is 19.4. The molecule has 462 valence electrons. The molecule has 16 atom stereocenters. The number of aromatic amines is 1. The number of ether oxygens (including phenoxy) is 4. The first kappa shape index (κ1) is 61.2. The summed E-state index contributed by atoms with van der Waals surface area (Å²) in [6.07, 6.45) is -15.6. The number of aliphatic hydroxyl groups is 4. The molecule has 11 rings (SSSR count). The maximum absolute atomic E-state index is 13.9. The van der Waals surface area contributed by atoms with E-state index >= 15 is 0 Å². The lowest BCUT2D eigenvalue weighted by Gasteiger charge is -2.26. The Morgan fingerprint density at radius 1 is 0.674 bits per heavy atom. The van der Waals surface area contributed by atoms with Gasteiger partial charge in [-0.3, -0.25) is 37.0 Å². The lowest BCUT2D eigenvalue weighted by Crippen LogP contribution is -2.38. The molecule has 0 spiro atoms. The quantitative estimate of drug-likeness (QED) is 0.0282. The average molecular weight is 1290 g/mol. The molecular formula is C43H52N15O24P4+. The van der Waals surface area contributed by atoms with E-state index in [1.165, 1.54) is 35.2 Å². The number of nitrogens with two attached hydrogens (primary N) is 2. The van der Waals surface area contributed by atoms with Crippen LogP contribution < -0.4 is 26.9 Å². The molecule has 8 unspecified atom stereocenters. The van der Waals surface area contributed by atoms with Crippen molar-refractivity contribution in [2.75, 3.05) is 43.7 Å². The van der Waals surface area contributed by atoms with E-state index in [-0.39, 0.29) is 57.8 Å². The van der Waals surface area contributed by atoms with Crippen molar-refractivity contribution in [2.24, 2.45) is 7.05 Å². The van der Waals surface area contributed by atoms with E-state index in [0.717, 1.165) is 38.9 Å². The van der Waals surface area contributed by atoms with E-state index in [2.05, 4.69) is 53.8 Å². The number of imidazole rings is 3. The summed E-state index contributed by atoms with van der Waals surface area (Å²) in [4.78, 5) is 86.4. The van der Waals surface area contributed by atoms with Gasteiger partial charge in [-0.05, 0) is 22.4 Å². The topological polar surface area (TPSA) is 548 Å². The highest BCUT2D eigenvalue weighted by Gasteiger charge is 2.54. The van der Waals surface area contributed by atoms with Gasteiger partial charge in [0.05, 0.1) is 39.5 Å². The summed E-state index contributed by atoms with van der Waals surface area (Å²) in [5.41, 5.74) is 11.4.